The van der Waals surface area contributed by atoms with Crippen molar-refractivity contribution >= 4 is 16.6 Å². The molecule has 0 fully saturated rings. The second-order valence-electron chi connectivity index (χ2n) is 4.82. The third-order valence-electron chi connectivity index (χ3n) is 3.50. The molecule has 0 spiro atoms. The van der Waals surface area contributed by atoms with E-state index < -0.39 is 10.7 Å². The van der Waals surface area contributed by atoms with Gasteiger partial charge in [0, 0.05) is 29.3 Å². The second kappa shape index (κ2) is 5.53. The number of ether oxygens (including phenoxy) is 1. The van der Waals surface area contributed by atoms with Gasteiger partial charge in [-0.05, 0) is 23.8 Å². The molecule has 7 heteroatoms. The van der Waals surface area contributed by atoms with Crippen LogP contribution in [0.15, 0.2) is 42.6 Å². The quantitative estimate of drug-likeness (QED) is 0.589. The number of fused-ring (bicyclic) bond motifs is 1. The number of phenols is 1. The molecule has 0 amide bonds. The van der Waals surface area contributed by atoms with Crippen molar-refractivity contribution in [3.8, 4) is 22.6 Å². The molecule has 0 bridgehead atoms. The number of nitrogens with zero attached hydrogens (tertiary/aromatic N) is 2. The lowest BCUT2D eigenvalue weighted by Gasteiger charge is -2.10. The summed E-state index contributed by atoms with van der Waals surface area (Å²) in [5.41, 5.74) is 0.842. The minimum absolute atomic E-state index is 0.0752. The standard InChI is InChI=1S/C16H11FN2O4/c1-23-16-7-12-10(4-5-18-14(12)8-15(16)20)11-3-2-9(19(21)22)6-13(11)17/h2-8,20H,1H3. The molecular weight excluding hydrogens is 303 g/mol. The Bertz CT molecular complexity index is 927. The number of hydrogen-bond donors (Lipinski definition) is 1. The zero-order valence-electron chi connectivity index (χ0n) is 12.0. The first-order valence-electron chi connectivity index (χ1n) is 6.61. The summed E-state index contributed by atoms with van der Waals surface area (Å²) in [5.74, 6) is -0.554. The van der Waals surface area contributed by atoms with Crippen molar-refractivity contribution in [1.82, 2.24) is 4.98 Å². The Balaban J connectivity index is 2.26. The molecule has 0 atom stereocenters. The summed E-state index contributed by atoms with van der Waals surface area (Å²) in [5, 5.41) is 21.1. The molecule has 3 aromatic rings. The zero-order valence-corrected chi connectivity index (χ0v) is 12.0. The molecule has 1 N–H and O–H groups in total. The van der Waals surface area contributed by atoms with Crippen molar-refractivity contribution < 1.29 is 19.2 Å². The van der Waals surface area contributed by atoms with Gasteiger partial charge in [0.2, 0.25) is 0 Å². The lowest BCUT2D eigenvalue weighted by Crippen LogP contribution is -1.93. The van der Waals surface area contributed by atoms with E-state index in [4.69, 9.17) is 4.74 Å². The monoisotopic (exact) mass is 314 g/mol. The van der Waals surface area contributed by atoms with Crippen LogP contribution >= 0.6 is 0 Å². The summed E-state index contributed by atoms with van der Waals surface area (Å²) in [7, 11) is 1.41. The summed E-state index contributed by atoms with van der Waals surface area (Å²) < 4.78 is 19.3. The molecule has 0 aliphatic carbocycles. The molecular formula is C16H11FN2O4. The zero-order chi connectivity index (χ0) is 16.6. The Kier molecular flexibility index (Phi) is 3.53. The van der Waals surface area contributed by atoms with Gasteiger partial charge in [-0.3, -0.25) is 15.1 Å². The summed E-state index contributed by atoms with van der Waals surface area (Å²) in [6.07, 6.45) is 1.48. The third kappa shape index (κ3) is 2.52. The van der Waals surface area contributed by atoms with Gasteiger partial charge in [0.15, 0.2) is 11.5 Å². The van der Waals surface area contributed by atoms with E-state index in [0.717, 1.165) is 6.07 Å². The van der Waals surface area contributed by atoms with Crippen molar-refractivity contribution in [2.24, 2.45) is 0 Å². The minimum Gasteiger partial charge on any atom is -0.504 e. The topological polar surface area (TPSA) is 85.5 Å². The molecule has 1 aromatic heterocycles. The van der Waals surface area contributed by atoms with E-state index in [9.17, 15) is 19.6 Å². The molecule has 0 radical (unpaired) electrons. The van der Waals surface area contributed by atoms with Crippen LogP contribution in [0.3, 0.4) is 0 Å². The van der Waals surface area contributed by atoms with Gasteiger partial charge < -0.3 is 9.84 Å². The number of rotatable bonds is 3. The van der Waals surface area contributed by atoms with Crippen molar-refractivity contribution in [3.05, 3.63) is 58.5 Å². The van der Waals surface area contributed by atoms with Crippen LogP contribution in [-0.4, -0.2) is 22.1 Å². The maximum Gasteiger partial charge on any atom is 0.272 e. The lowest BCUT2D eigenvalue weighted by atomic mass is 10.00. The molecule has 6 nitrogen and oxygen atoms in total. The molecule has 116 valence electrons. The van der Waals surface area contributed by atoms with Crippen LogP contribution in [0.25, 0.3) is 22.0 Å². The third-order valence-corrected chi connectivity index (χ3v) is 3.50. The first-order valence-corrected chi connectivity index (χ1v) is 6.61. The van der Waals surface area contributed by atoms with Gasteiger partial charge in [0.1, 0.15) is 5.82 Å². The predicted molar refractivity (Wildman–Crippen MR) is 82.0 cm³/mol. The van der Waals surface area contributed by atoms with Crippen molar-refractivity contribution in [2.45, 2.75) is 0 Å². The van der Waals surface area contributed by atoms with E-state index in [1.54, 1.807) is 12.1 Å². The van der Waals surface area contributed by atoms with E-state index in [1.807, 2.05) is 0 Å². The van der Waals surface area contributed by atoms with Crippen molar-refractivity contribution in [2.75, 3.05) is 7.11 Å². The highest BCUT2D eigenvalue weighted by atomic mass is 19.1. The first-order chi connectivity index (χ1) is 11.0. The molecule has 0 unspecified atom stereocenters. The summed E-state index contributed by atoms with van der Waals surface area (Å²) in [6.45, 7) is 0. The molecule has 23 heavy (non-hydrogen) atoms. The van der Waals surface area contributed by atoms with Crippen molar-refractivity contribution in [1.29, 1.82) is 0 Å². The van der Waals surface area contributed by atoms with E-state index in [2.05, 4.69) is 4.98 Å². The lowest BCUT2D eigenvalue weighted by molar-refractivity contribution is -0.385. The number of benzene rings is 2. The largest absolute Gasteiger partial charge is 0.504 e. The maximum atomic E-state index is 14.3. The highest BCUT2D eigenvalue weighted by Crippen LogP contribution is 2.36. The molecule has 0 saturated heterocycles. The number of methoxy groups -OCH3 is 1. The van der Waals surface area contributed by atoms with Crippen LogP contribution in [0.5, 0.6) is 11.5 Å². The highest BCUT2D eigenvalue weighted by Gasteiger charge is 2.15. The fourth-order valence-electron chi connectivity index (χ4n) is 2.40. The fraction of sp³-hybridized carbons (Fsp3) is 0.0625. The molecule has 2 aromatic carbocycles. The SMILES string of the molecule is COc1cc2c(-c3ccc([N+](=O)[O-])cc3F)ccnc2cc1O. The average molecular weight is 314 g/mol. The number of nitro benzene ring substituents is 1. The minimum atomic E-state index is -0.709. The number of aromatic hydroxyl groups is 1. The number of aromatic nitrogens is 1. The van der Waals surface area contributed by atoms with Crippen LogP contribution in [0.4, 0.5) is 10.1 Å². The Labute approximate surface area is 129 Å². The van der Waals surface area contributed by atoms with Gasteiger partial charge in [0.05, 0.1) is 23.6 Å². The van der Waals surface area contributed by atoms with Gasteiger partial charge in [0.25, 0.3) is 5.69 Å². The van der Waals surface area contributed by atoms with Crippen LogP contribution in [0, 0.1) is 15.9 Å². The van der Waals surface area contributed by atoms with E-state index >= 15 is 0 Å². The van der Waals surface area contributed by atoms with Gasteiger partial charge in [-0.2, -0.15) is 0 Å². The average Bonchev–Trinajstić information content (AvgIpc) is 2.53. The maximum absolute atomic E-state index is 14.3. The van der Waals surface area contributed by atoms with Gasteiger partial charge in [-0.1, -0.05) is 0 Å². The van der Waals surface area contributed by atoms with Crippen molar-refractivity contribution in [3.63, 3.8) is 0 Å². The number of nitro groups is 1. The van der Waals surface area contributed by atoms with E-state index in [0.29, 0.717) is 16.5 Å². The van der Waals surface area contributed by atoms with Crippen LogP contribution < -0.4 is 4.74 Å². The van der Waals surface area contributed by atoms with E-state index in [1.165, 1.54) is 31.5 Å². The first kappa shape index (κ1) is 14.7. The molecule has 0 aliphatic heterocycles. The van der Waals surface area contributed by atoms with Crippen LogP contribution in [0.1, 0.15) is 0 Å². The fourth-order valence-corrected chi connectivity index (χ4v) is 2.40. The van der Waals surface area contributed by atoms with E-state index in [-0.39, 0.29) is 22.7 Å². The van der Waals surface area contributed by atoms with Gasteiger partial charge in [-0.15, -0.1) is 0 Å². The number of phenolic OH excluding ortho intramolecular Hbond substituents is 1. The normalized spacial score (nSPS) is 10.7. The molecule has 1 heterocycles. The Morgan fingerprint density at radius 2 is 2.00 bits per heavy atom. The smallest absolute Gasteiger partial charge is 0.272 e. The summed E-state index contributed by atoms with van der Waals surface area (Å²) in [4.78, 5) is 14.2. The summed E-state index contributed by atoms with van der Waals surface area (Å²) >= 11 is 0. The Hall–Kier alpha value is -3.22. The highest BCUT2D eigenvalue weighted by molar-refractivity contribution is 5.96. The number of halogens is 1. The number of hydrogen-bond acceptors (Lipinski definition) is 5. The van der Waals surface area contributed by atoms with Crippen LogP contribution in [-0.2, 0) is 0 Å². The molecule has 3 rings (SSSR count). The number of pyridine rings is 1. The number of non-ortho nitro benzene ring substituents is 1. The molecule has 0 aliphatic rings. The van der Waals surface area contributed by atoms with Crippen LogP contribution in [0.2, 0.25) is 0 Å². The Morgan fingerprint density at radius 1 is 1.22 bits per heavy atom. The Morgan fingerprint density at radius 3 is 2.65 bits per heavy atom. The van der Waals surface area contributed by atoms with Gasteiger partial charge >= 0.3 is 0 Å². The molecule has 0 saturated carbocycles. The van der Waals surface area contributed by atoms with Gasteiger partial charge in [-0.25, -0.2) is 4.39 Å². The second-order valence-corrected chi connectivity index (χ2v) is 4.82. The predicted octanol–water partition coefficient (Wildman–Crippen LogP) is 3.66. The summed E-state index contributed by atoms with van der Waals surface area (Å²) in [6, 6.07) is 8.03.